The second-order valence-electron chi connectivity index (χ2n) is 3.81. The maximum Gasteiger partial charge on any atom is 0.224 e. The van der Waals surface area contributed by atoms with E-state index in [1.807, 2.05) is 13.1 Å². The maximum absolute atomic E-state index is 5.12. The van der Waals surface area contributed by atoms with Crippen LogP contribution in [0.5, 0.6) is 0 Å². The summed E-state index contributed by atoms with van der Waals surface area (Å²) in [5.41, 5.74) is 0. The Hall–Kier alpha value is -1.40. The van der Waals surface area contributed by atoms with Crippen molar-refractivity contribution < 1.29 is 9.47 Å². The fraction of sp³-hybridized carbons (Fsp3) is 0.667. The van der Waals surface area contributed by atoms with Gasteiger partial charge >= 0.3 is 0 Å². The monoisotopic (exact) mass is 254 g/mol. The third-order valence-electron chi connectivity index (χ3n) is 2.53. The minimum Gasteiger partial charge on any atom is -0.385 e. The quantitative estimate of drug-likeness (QED) is 0.664. The van der Waals surface area contributed by atoms with Gasteiger partial charge in [0.05, 0.1) is 6.61 Å². The number of ether oxygens (including phenoxy) is 2. The summed E-state index contributed by atoms with van der Waals surface area (Å²) < 4.78 is 10.2. The standard InChI is InChI=1S/C12H22N4O2/c1-13-12-14-6-5-11(15-12)16(8-10-18-3)7-4-9-17-2/h5-6H,4,7-10H2,1-3H3,(H,13,14,15). The van der Waals surface area contributed by atoms with Crippen molar-refractivity contribution >= 4 is 11.8 Å². The Labute approximate surface area is 108 Å². The molecule has 0 radical (unpaired) electrons. The van der Waals surface area contributed by atoms with Gasteiger partial charge in [-0.2, -0.15) is 4.98 Å². The first-order chi connectivity index (χ1) is 8.81. The van der Waals surface area contributed by atoms with Crippen LogP contribution >= 0.6 is 0 Å². The van der Waals surface area contributed by atoms with Crippen molar-refractivity contribution in [3.8, 4) is 0 Å². The van der Waals surface area contributed by atoms with Gasteiger partial charge in [-0.1, -0.05) is 0 Å². The number of hydrogen-bond acceptors (Lipinski definition) is 6. The van der Waals surface area contributed by atoms with Gasteiger partial charge < -0.3 is 19.7 Å². The number of nitrogens with one attached hydrogen (secondary N) is 1. The molecule has 1 N–H and O–H groups in total. The average Bonchev–Trinajstić information content (AvgIpc) is 2.42. The molecule has 0 aromatic carbocycles. The molecule has 0 saturated heterocycles. The summed E-state index contributed by atoms with van der Waals surface area (Å²) in [5, 5.41) is 2.94. The van der Waals surface area contributed by atoms with E-state index in [2.05, 4.69) is 20.2 Å². The molecule has 102 valence electrons. The van der Waals surface area contributed by atoms with E-state index in [0.717, 1.165) is 31.9 Å². The Balaban J connectivity index is 2.66. The van der Waals surface area contributed by atoms with Crippen molar-refractivity contribution in [3.63, 3.8) is 0 Å². The zero-order valence-electron chi connectivity index (χ0n) is 11.3. The Morgan fingerprint density at radius 1 is 1.22 bits per heavy atom. The summed E-state index contributed by atoms with van der Waals surface area (Å²) in [6, 6.07) is 1.91. The molecule has 0 fully saturated rings. The molecule has 6 heteroatoms. The maximum atomic E-state index is 5.12. The highest BCUT2D eigenvalue weighted by molar-refractivity contribution is 5.42. The van der Waals surface area contributed by atoms with Crippen molar-refractivity contribution in [1.82, 2.24) is 9.97 Å². The molecule has 0 aliphatic carbocycles. The third kappa shape index (κ3) is 4.85. The van der Waals surface area contributed by atoms with Crippen LogP contribution in [0.15, 0.2) is 12.3 Å². The molecule has 6 nitrogen and oxygen atoms in total. The van der Waals surface area contributed by atoms with Crippen molar-refractivity contribution in [2.45, 2.75) is 6.42 Å². The number of rotatable bonds is 9. The number of methoxy groups -OCH3 is 2. The first-order valence-corrected chi connectivity index (χ1v) is 6.05. The summed E-state index contributed by atoms with van der Waals surface area (Å²) in [7, 11) is 5.22. The second-order valence-corrected chi connectivity index (χ2v) is 3.81. The van der Waals surface area contributed by atoms with Gasteiger partial charge in [-0.25, -0.2) is 4.98 Å². The van der Waals surface area contributed by atoms with Crippen molar-refractivity contribution in [2.75, 3.05) is 57.8 Å². The number of aromatic nitrogens is 2. The topological polar surface area (TPSA) is 59.5 Å². The molecule has 0 saturated carbocycles. The van der Waals surface area contributed by atoms with Crippen LogP contribution in [0.2, 0.25) is 0 Å². The highest BCUT2D eigenvalue weighted by atomic mass is 16.5. The Kier molecular flexibility index (Phi) is 7.05. The van der Waals surface area contributed by atoms with Crippen molar-refractivity contribution in [3.05, 3.63) is 12.3 Å². The van der Waals surface area contributed by atoms with Crippen LogP contribution in [0.3, 0.4) is 0 Å². The van der Waals surface area contributed by atoms with Gasteiger partial charge in [0.15, 0.2) is 0 Å². The van der Waals surface area contributed by atoms with Gasteiger partial charge in [0, 0.05) is 47.2 Å². The van der Waals surface area contributed by atoms with E-state index in [1.165, 1.54) is 0 Å². The lowest BCUT2D eigenvalue weighted by Crippen LogP contribution is -2.30. The Morgan fingerprint density at radius 3 is 2.67 bits per heavy atom. The zero-order valence-corrected chi connectivity index (χ0v) is 11.3. The molecule has 0 atom stereocenters. The van der Waals surface area contributed by atoms with E-state index in [-0.39, 0.29) is 0 Å². The summed E-state index contributed by atoms with van der Waals surface area (Å²) in [4.78, 5) is 10.7. The van der Waals surface area contributed by atoms with Gasteiger partial charge in [-0.05, 0) is 12.5 Å². The van der Waals surface area contributed by atoms with Gasteiger partial charge in [0.2, 0.25) is 5.95 Å². The molecule has 1 rings (SSSR count). The van der Waals surface area contributed by atoms with Crippen LogP contribution in [0, 0.1) is 0 Å². The van der Waals surface area contributed by atoms with E-state index < -0.39 is 0 Å². The first kappa shape index (κ1) is 14.7. The number of nitrogens with zero attached hydrogens (tertiary/aromatic N) is 3. The smallest absolute Gasteiger partial charge is 0.224 e. The third-order valence-corrected chi connectivity index (χ3v) is 2.53. The lowest BCUT2D eigenvalue weighted by atomic mass is 10.3. The van der Waals surface area contributed by atoms with E-state index in [0.29, 0.717) is 12.6 Å². The zero-order chi connectivity index (χ0) is 13.2. The predicted molar refractivity (Wildman–Crippen MR) is 72.2 cm³/mol. The van der Waals surface area contributed by atoms with Crippen LogP contribution in [0.25, 0.3) is 0 Å². The van der Waals surface area contributed by atoms with Gasteiger partial charge in [0.25, 0.3) is 0 Å². The fourth-order valence-corrected chi connectivity index (χ4v) is 1.59. The molecule has 18 heavy (non-hydrogen) atoms. The van der Waals surface area contributed by atoms with E-state index in [9.17, 15) is 0 Å². The number of hydrogen-bond donors (Lipinski definition) is 1. The molecule has 0 aliphatic heterocycles. The molecule has 1 aromatic heterocycles. The summed E-state index contributed by atoms with van der Waals surface area (Å²) in [5.74, 6) is 1.53. The van der Waals surface area contributed by atoms with Crippen LogP contribution in [0.4, 0.5) is 11.8 Å². The highest BCUT2D eigenvalue weighted by Gasteiger charge is 2.08. The Morgan fingerprint density at radius 2 is 2.00 bits per heavy atom. The van der Waals surface area contributed by atoms with E-state index in [1.54, 1.807) is 20.4 Å². The number of anilines is 2. The van der Waals surface area contributed by atoms with E-state index in [4.69, 9.17) is 9.47 Å². The lowest BCUT2D eigenvalue weighted by molar-refractivity contribution is 0.191. The van der Waals surface area contributed by atoms with Crippen molar-refractivity contribution in [1.29, 1.82) is 0 Å². The molecule has 1 aromatic rings. The fourth-order valence-electron chi connectivity index (χ4n) is 1.59. The summed E-state index contributed by atoms with van der Waals surface area (Å²) in [6.07, 6.45) is 2.71. The van der Waals surface area contributed by atoms with Crippen molar-refractivity contribution in [2.24, 2.45) is 0 Å². The lowest BCUT2D eigenvalue weighted by Gasteiger charge is -2.23. The van der Waals surface area contributed by atoms with E-state index >= 15 is 0 Å². The molecule has 0 aliphatic rings. The Bertz CT molecular complexity index is 336. The molecular formula is C12H22N4O2. The SMILES string of the molecule is CNc1nccc(N(CCCOC)CCOC)n1. The second kappa shape index (κ2) is 8.66. The summed E-state index contributed by atoms with van der Waals surface area (Å²) in [6.45, 7) is 3.11. The van der Waals surface area contributed by atoms with Crippen LogP contribution < -0.4 is 10.2 Å². The average molecular weight is 254 g/mol. The largest absolute Gasteiger partial charge is 0.385 e. The molecule has 1 heterocycles. The van der Waals surface area contributed by atoms with Crippen LogP contribution in [-0.2, 0) is 9.47 Å². The minimum atomic E-state index is 0.627. The molecule has 0 bridgehead atoms. The van der Waals surface area contributed by atoms with Gasteiger partial charge in [-0.3, -0.25) is 0 Å². The van der Waals surface area contributed by atoms with Gasteiger partial charge in [0.1, 0.15) is 5.82 Å². The first-order valence-electron chi connectivity index (χ1n) is 6.05. The predicted octanol–water partition coefficient (Wildman–Crippen LogP) is 1.01. The highest BCUT2D eigenvalue weighted by Crippen LogP contribution is 2.12. The molecule has 0 spiro atoms. The molecule has 0 unspecified atom stereocenters. The molecular weight excluding hydrogens is 232 g/mol. The normalized spacial score (nSPS) is 10.4. The van der Waals surface area contributed by atoms with Crippen LogP contribution in [-0.4, -0.2) is 57.5 Å². The van der Waals surface area contributed by atoms with Gasteiger partial charge in [-0.15, -0.1) is 0 Å². The minimum absolute atomic E-state index is 0.627. The van der Waals surface area contributed by atoms with Crippen LogP contribution in [0.1, 0.15) is 6.42 Å². The summed E-state index contributed by atoms with van der Waals surface area (Å²) >= 11 is 0. The molecule has 0 amide bonds.